The number of ether oxygens (including phenoxy) is 1. The van der Waals surface area contributed by atoms with Crippen LogP contribution >= 0.6 is 0 Å². The molecule has 2 N–H and O–H groups in total. The van der Waals surface area contributed by atoms with Gasteiger partial charge in [-0.15, -0.1) is 0 Å². The molecule has 0 saturated heterocycles. The molecule has 0 spiro atoms. The summed E-state index contributed by atoms with van der Waals surface area (Å²) in [5, 5.41) is 11.0. The normalized spacial score (nSPS) is 26.4. The second kappa shape index (κ2) is 5.86. The van der Waals surface area contributed by atoms with E-state index in [1.807, 2.05) is 0 Å². The van der Waals surface area contributed by atoms with Crippen molar-refractivity contribution in [2.24, 2.45) is 0 Å². The predicted molar refractivity (Wildman–Crippen MR) is 53.4 cm³/mol. The van der Waals surface area contributed by atoms with E-state index in [4.69, 9.17) is 9.84 Å². The van der Waals surface area contributed by atoms with Crippen LogP contribution in [0.3, 0.4) is 0 Å². The SMILES string of the molecule is CCCCO[C@@H]1CC[C@H](NC(=O)O)C1. The smallest absolute Gasteiger partial charge is 0.404 e. The van der Waals surface area contributed by atoms with E-state index in [9.17, 15) is 4.79 Å². The van der Waals surface area contributed by atoms with Gasteiger partial charge in [-0.3, -0.25) is 0 Å². The first kappa shape index (κ1) is 11.3. The molecular formula is C10H19NO3. The summed E-state index contributed by atoms with van der Waals surface area (Å²) in [6.07, 6.45) is 4.28. The molecule has 0 radical (unpaired) electrons. The lowest BCUT2D eigenvalue weighted by Crippen LogP contribution is -2.31. The van der Waals surface area contributed by atoms with Crippen LogP contribution in [0.1, 0.15) is 39.0 Å². The van der Waals surface area contributed by atoms with Gasteiger partial charge in [0, 0.05) is 12.6 Å². The maximum absolute atomic E-state index is 10.4. The van der Waals surface area contributed by atoms with E-state index >= 15 is 0 Å². The summed E-state index contributed by atoms with van der Waals surface area (Å²) < 4.78 is 5.62. The van der Waals surface area contributed by atoms with Crippen molar-refractivity contribution in [3.8, 4) is 0 Å². The summed E-state index contributed by atoms with van der Waals surface area (Å²) >= 11 is 0. The topological polar surface area (TPSA) is 58.6 Å². The molecule has 0 aromatic rings. The number of unbranched alkanes of at least 4 members (excludes halogenated alkanes) is 1. The Morgan fingerprint density at radius 3 is 3.00 bits per heavy atom. The maximum atomic E-state index is 10.4. The Balaban J connectivity index is 2.11. The molecule has 0 unspecified atom stereocenters. The Labute approximate surface area is 84.6 Å². The van der Waals surface area contributed by atoms with Crippen LogP contribution < -0.4 is 5.32 Å². The Morgan fingerprint density at radius 2 is 2.36 bits per heavy atom. The molecule has 2 atom stereocenters. The van der Waals surface area contributed by atoms with Gasteiger partial charge < -0.3 is 15.2 Å². The van der Waals surface area contributed by atoms with Crippen LogP contribution in [0.25, 0.3) is 0 Å². The largest absolute Gasteiger partial charge is 0.465 e. The predicted octanol–water partition coefficient (Wildman–Crippen LogP) is 1.99. The number of amides is 1. The van der Waals surface area contributed by atoms with Gasteiger partial charge in [-0.1, -0.05) is 13.3 Å². The van der Waals surface area contributed by atoms with Crippen molar-refractivity contribution in [1.82, 2.24) is 5.32 Å². The van der Waals surface area contributed by atoms with Gasteiger partial charge in [-0.05, 0) is 25.7 Å². The molecule has 4 nitrogen and oxygen atoms in total. The van der Waals surface area contributed by atoms with Crippen LogP contribution in [0.15, 0.2) is 0 Å². The third-order valence-electron chi connectivity index (χ3n) is 2.56. The first-order chi connectivity index (χ1) is 6.72. The van der Waals surface area contributed by atoms with Crippen LogP contribution in [0.2, 0.25) is 0 Å². The molecule has 0 heterocycles. The van der Waals surface area contributed by atoms with Gasteiger partial charge >= 0.3 is 6.09 Å². The van der Waals surface area contributed by atoms with E-state index in [1.54, 1.807) is 0 Å². The highest BCUT2D eigenvalue weighted by Gasteiger charge is 2.25. The highest BCUT2D eigenvalue weighted by atomic mass is 16.5. The zero-order valence-corrected chi connectivity index (χ0v) is 8.66. The molecule has 0 aromatic carbocycles. The van der Waals surface area contributed by atoms with E-state index in [-0.39, 0.29) is 12.1 Å². The lowest BCUT2D eigenvalue weighted by Gasteiger charge is -2.12. The molecule has 82 valence electrons. The van der Waals surface area contributed by atoms with Crippen LogP contribution in [0.5, 0.6) is 0 Å². The Bertz CT molecular complexity index is 184. The maximum Gasteiger partial charge on any atom is 0.404 e. The van der Waals surface area contributed by atoms with Crippen molar-refractivity contribution in [2.75, 3.05) is 6.61 Å². The van der Waals surface area contributed by atoms with Gasteiger partial charge in [0.1, 0.15) is 0 Å². The van der Waals surface area contributed by atoms with Crippen LogP contribution in [0.4, 0.5) is 4.79 Å². The molecule has 0 bridgehead atoms. The number of rotatable bonds is 5. The van der Waals surface area contributed by atoms with Gasteiger partial charge in [0.15, 0.2) is 0 Å². The molecule has 1 fully saturated rings. The zero-order valence-electron chi connectivity index (χ0n) is 8.66. The molecule has 0 aliphatic heterocycles. The highest BCUT2D eigenvalue weighted by molar-refractivity contribution is 5.64. The van der Waals surface area contributed by atoms with E-state index in [0.717, 1.165) is 38.7 Å². The minimum Gasteiger partial charge on any atom is -0.465 e. The third kappa shape index (κ3) is 3.96. The Kier molecular flexibility index (Phi) is 4.73. The fraction of sp³-hybridized carbons (Fsp3) is 0.900. The number of hydrogen-bond donors (Lipinski definition) is 2. The van der Waals surface area contributed by atoms with Crippen LogP contribution in [-0.2, 0) is 4.74 Å². The summed E-state index contributed by atoms with van der Waals surface area (Å²) in [7, 11) is 0. The number of nitrogens with one attached hydrogen (secondary N) is 1. The minimum atomic E-state index is -0.927. The fourth-order valence-electron chi connectivity index (χ4n) is 1.79. The van der Waals surface area contributed by atoms with Crippen molar-refractivity contribution in [1.29, 1.82) is 0 Å². The molecule has 14 heavy (non-hydrogen) atoms. The molecule has 1 amide bonds. The molecule has 1 aliphatic carbocycles. The first-order valence-corrected chi connectivity index (χ1v) is 5.33. The molecular weight excluding hydrogens is 182 g/mol. The summed E-state index contributed by atoms with van der Waals surface area (Å²) in [5.41, 5.74) is 0. The van der Waals surface area contributed by atoms with Crippen molar-refractivity contribution in [2.45, 2.75) is 51.2 Å². The molecule has 1 aliphatic rings. The van der Waals surface area contributed by atoms with Crippen molar-refractivity contribution in [3.63, 3.8) is 0 Å². The molecule has 0 aromatic heterocycles. The second-order valence-electron chi connectivity index (χ2n) is 3.81. The Morgan fingerprint density at radius 1 is 1.57 bits per heavy atom. The Hall–Kier alpha value is -0.770. The van der Waals surface area contributed by atoms with Crippen molar-refractivity contribution in [3.05, 3.63) is 0 Å². The highest BCUT2D eigenvalue weighted by Crippen LogP contribution is 2.22. The number of carboxylic acid groups (broad SMARTS) is 1. The monoisotopic (exact) mass is 201 g/mol. The summed E-state index contributed by atoms with van der Waals surface area (Å²) in [5.74, 6) is 0. The van der Waals surface area contributed by atoms with Gasteiger partial charge in [0.05, 0.1) is 6.10 Å². The van der Waals surface area contributed by atoms with E-state index < -0.39 is 6.09 Å². The van der Waals surface area contributed by atoms with Crippen molar-refractivity contribution >= 4 is 6.09 Å². The minimum absolute atomic E-state index is 0.0964. The summed E-state index contributed by atoms with van der Waals surface area (Å²) in [4.78, 5) is 10.4. The average molecular weight is 201 g/mol. The van der Waals surface area contributed by atoms with Gasteiger partial charge in [0.25, 0.3) is 0 Å². The van der Waals surface area contributed by atoms with E-state index in [0.29, 0.717) is 0 Å². The quantitative estimate of drug-likeness (QED) is 0.669. The van der Waals surface area contributed by atoms with Gasteiger partial charge in [-0.25, -0.2) is 4.79 Å². The van der Waals surface area contributed by atoms with Crippen molar-refractivity contribution < 1.29 is 14.6 Å². The summed E-state index contributed by atoms with van der Waals surface area (Å²) in [6, 6.07) is 0.0964. The second-order valence-corrected chi connectivity index (χ2v) is 3.81. The lowest BCUT2D eigenvalue weighted by molar-refractivity contribution is 0.0549. The fourth-order valence-corrected chi connectivity index (χ4v) is 1.79. The average Bonchev–Trinajstić information content (AvgIpc) is 2.52. The standard InChI is InChI=1S/C10H19NO3/c1-2-3-6-14-9-5-4-8(7-9)11-10(12)13/h8-9,11H,2-7H2,1H3,(H,12,13)/t8-,9+/m0/s1. The van der Waals surface area contributed by atoms with Gasteiger partial charge in [-0.2, -0.15) is 0 Å². The molecule has 4 heteroatoms. The molecule has 1 rings (SSSR count). The molecule has 1 saturated carbocycles. The van der Waals surface area contributed by atoms with Crippen LogP contribution in [0, 0.1) is 0 Å². The van der Waals surface area contributed by atoms with E-state index in [1.165, 1.54) is 0 Å². The first-order valence-electron chi connectivity index (χ1n) is 5.33. The number of carbonyl (C=O) groups is 1. The lowest BCUT2D eigenvalue weighted by atomic mass is 10.2. The number of hydrogen-bond acceptors (Lipinski definition) is 2. The van der Waals surface area contributed by atoms with E-state index in [2.05, 4.69) is 12.2 Å². The van der Waals surface area contributed by atoms with Gasteiger partial charge in [0.2, 0.25) is 0 Å². The zero-order chi connectivity index (χ0) is 10.4. The summed E-state index contributed by atoms with van der Waals surface area (Å²) in [6.45, 7) is 2.94. The third-order valence-corrected chi connectivity index (χ3v) is 2.56. The van der Waals surface area contributed by atoms with Crippen LogP contribution in [-0.4, -0.2) is 30.0 Å².